The number of rotatable bonds is 3. The first-order valence-electron chi connectivity index (χ1n) is 8.87. The molecule has 0 saturated heterocycles. The van der Waals surface area contributed by atoms with Crippen molar-refractivity contribution in [3.8, 4) is 0 Å². The quantitative estimate of drug-likeness (QED) is 0.909. The summed E-state index contributed by atoms with van der Waals surface area (Å²) in [6.45, 7) is 5.44. The zero-order valence-corrected chi connectivity index (χ0v) is 13.8. The molecule has 4 rings (SSSR count). The number of nitrogens with one attached hydrogen (secondary N) is 1. The summed E-state index contributed by atoms with van der Waals surface area (Å²) in [7, 11) is 0. The van der Waals surface area contributed by atoms with E-state index in [4.69, 9.17) is 4.98 Å². The highest BCUT2D eigenvalue weighted by Crippen LogP contribution is 2.31. The number of aryl methyl sites for hydroxylation is 3. The lowest BCUT2D eigenvalue weighted by Crippen LogP contribution is -2.26. The Morgan fingerprint density at radius 3 is 2.64 bits per heavy atom. The lowest BCUT2D eigenvalue weighted by Gasteiger charge is -2.17. The monoisotopic (exact) mass is 294 g/mol. The number of benzene rings is 1. The van der Waals surface area contributed by atoms with E-state index in [-0.39, 0.29) is 0 Å². The number of aromatic nitrogens is 1. The van der Waals surface area contributed by atoms with Crippen molar-refractivity contribution < 1.29 is 0 Å². The predicted molar refractivity (Wildman–Crippen MR) is 92.3 cm³/mol. The Kier molecular flexibility index (Phi) is 3.65. The molecule has 1 saturated carbocycles. The molecule has 1 aromatic carbocycles. The van der Waals surface area contributed by atoms with Gasteiger partial charge in [-0.05, 0) is 80.3 Å². The van der Waals surface area contributed by atoms with E-state index in [9.17, 15) is 0 Å². The Labute approximate surface area is 133 Å². The summed E-state index contributed by atoms with van der Waals surface area (Å²) in [5, 5.41) is 5.21. The normalized spacial score (nSPS) is 18.3. The highest BCUT2D eigenvalue weighted by Gasteiger charge is 2.21. The lowest BCUT2D eigenvalue weighted by atomic mass is 9.97. The molecule has 0 unspecified atom stereocenters. The van der Waals surface area contributed by atoms with Crippen molar-refractivity contribution in [2.75, 3.05) is 0 Å². The van der Waals surface area contributed by atoms with Crippen LogP contribution in [-0.2, 0) is 19.4 Å². The molecule has 22 heavy (non-hydrogen) atoms. The van der Waals surface area contributed by atoms with Gasteiger partial charge in [-0.1, -0.05) is 12.8 Å². The molecule has 0 bridgehead atoms. The Morgan fingerprint density at radius 1 is 1.05 bits per heavy atom. The number of pyridine rings is 1. The Hall–Kier alpha value is -1.41. The first-order valence-corrected chi connectivity index (χ1v) is 8.87. The fourth-order valence-corrected chi connectivity index (χ4v) is 4.20. The van der Waals surface area contributed by atoms with Crippen molar-refractivity contribution >= 4 is 10.9 Å². The van der Waals surface area contributed by atoms with Gasteiger partial charge in [0.05, 0.1) is 5.52 Å². The van der Waals surface area contributed by atoms with Crippen molar-refractivity contribution in [3.63, 3.8) is 0 Å². The summed E-state index contributed by atoms with van der Waals surface area (Å²) >= 11 is 0. The number of hydrogen-bond donors (Lipinski definition) is 1. The Balaban J connectivity index is 1.77. The number of hydrogen-bond acceptors (Lipinski definition) is 2. The van der Waals surface area contributed by atoms with Gasteiger partial charge in [-0.15, -0.1) is 0 Å². The maximum atomic E-state index is 4.97. The second-order valence-electron chi connectivity index (χ2n) is 7.19. The van der Waals surface area contributed by atoms with Gasteiger partial charge in [0.15, 0.2) is 0 Å². The van der Waals surface area contributed by atoms with Gasteiger partial charge in [0.2, 0.25) is 0 Å². The minimum atomic E-state index is 0.729. The van der Waals surface area contributed by atoms with Crippen LogP contribution in [-0.4, -0.2) is 11.0 Å². The van der Waals surface area contributed by atoms with Gasteiger partial charge in [0, 0.05) is 23.7 Å². The maximum absolute atomic E-state index is 4.97. The summed E-state index contributed by atoms with van der Waals surface area (Å²) in [5.41, 5.74) is 8.38. The van der Waals surface area contributed by atoms with Gasteiger partial charge in [0.1, 0.15) is 0 Å². The van der Waals surface area contributed by atoms with E-state index in [0.717, 1.165) is 19.0 Å². The molecule has 1 fully saturated rings. The molecule has 2 heteroatoms. The molecule has 1 aromatic heterocycles. The second-order valence-corrected chi connectivity index (χ2v) is 7.19. The molecule has 1 heterocycles. The van der Waals surface area contributed by atoms with Gasteiger partial charge in [-0.25, -0.2) is 0 Å². The fourth-order valence-electron chi connectivity index (χ4n) is 4.20. The summed E-state index contributed by atoms with van der Waals surface area (Å²) in [6.07, 6.45) is 9.14. The summed E-state index contributed by atoms with van der Waals surface area (Å²) in [6, 6.07) is 5.37. The van der Waals surface area contributed by atoms with Gasteiger partial charge in [-0.2, -0.15) is 0 Å². The summed E-state index contributed by atoms with van der Waals surface area (Å²) in [5.74, 6) is 0. The van der Waals surface area contributed by atoms with E-state index in [2.05, 4.69) is 31.3 Å². The maximum Gasteiger partial charge on any atom is 0.0711 e. The summed E-state index contributed by atoms with van der Waals surface area (Å²) < 4.78 is 0. The van der Waals surface area contributed by atoms with Gasteiger partial charge < -0.3 is 5.32 Å². The largest absolute Gasteiger partial charge is 0.310 e. The van der Waals surface area contributed by atoms with Crippen LogP contribution in [0, 0.1) is 13.8 Å². The highest BCUT2D eigenvalue weighted by atomic mass is 14.9. The van der Waals surface area contributed by atoms with Crippen molar-refractivity contribution in [1.82, 2.24) is 10.3 Å². The molecule has 2 aromatic rings. The van der Waals surface area contributed by atoms with E-state index >= 15 is 0 Å². The first-order chi connectivity index (χ1) is 10.7. The van der Waals surface area contributed by atoms with Crippen LogP contribution >= 0.6 is 0 Å². The van der Waals surface area contributed by atoms with E-state index in [1.165, 1.54) is 71.8 Å². The van der Waals surface area contributed by atoms with Gasteiger partial charge in [0.25, 0.3) is 0 Å². The molecule has 0 spiro atoms. The molecule has 0 amide bonds. The average Bonchev–Trinajstić information content (AvgIpc) is 3.16. The third-order valence-corrected chi connectivity index (χ3v) is 5.67. The standard InChI is InChI=1S/C20H26N2/c1-13-10-17-18(12-21-15-6-3-4-7-15)16-8-5-9-19(16)22-20(17)11-14(13)2/h10-11,15,21H,3-9,12H2,1-2H3. The minimum absolute atomic E-state index is 0.729. The van der Waals surface area contributed by atoms with Crippen LogP contribution in [0.5, 0.6) is 0 Å². The highest BCUT2D eigenvalue weighted by molar-refractivity contribution is 5.85. The Morgan fingerprint density at radius 2 is 1.82 bits per heavy atom. The molecular formula is C20H26N2. The molecule has 2 aliphatic rings. The average molecular weight is 294 g/mol. The third-order valence-electron chi connectivity index (χ3n) is 5.67. The van der Waals surface area contributed by atoms with Crippen LogP contribution < -0.4 is 5.32 Å². The molecular weight excluding hydrogens is 268 g/mol. The van der Waals surface area contributed by atoms with Gasteiger partial charge in [-0.3, -0.25) is 4.98 Å². The van der Waals surface area contributed by atoms with Crippen LogP contribution in [0.4, 0.5) is 0 Å². The van der Waals surface area contributed by atoms with Crippen molar-refractivity contribution in [2.24, 2.45) is 0 Å². The predicted octanol–water partition coefficient (Wildman–Crippen LogP) is 4.37. The fraction of sp³-hybridized carbons (Fsp3) is 0.550. The molecule has 0 aliphatic heterocycles. The van der Waals surface area contributed by atoms with Crippen LogP contribution in [0.3, 0.4) is 0 Å². The molecule has 2 aliphatic carbocycles. The topological polar surface area (TPSA) is 24.9 Å². The van der Waals surface area contributed by atoms with Crippen LogP contribution in [0.2, 0.25) is 0 Å². The van der Waals surface area contributed by atoms with Crippen molar-refractivity contribution in [3.05, 3.63) is 40.1 Å². The lowest BCUT2D eigenvalue weighted by molar-refractivity contribution is 0.524. The summed E-state index contributed by atoms with van der Waals surface area (Å²) in [4.78, 5) is 4.97. The molecule has 2 nitrogen and oxygen atoms in total. The molecule has 1 N–H and O–H groups in total. The van der Waals surface area contributed by atoms with E-state index in [1.54, 1.807) is 5.56 Å². The Bertz CT molecular complexity index is 711. The second kappa shape index (κ2) is 5.66. The zero-order chi connectivity index (χ0) is 15.1. The van der Waals surface area contributed by atoms with Crippen LogP contribution in [0.25, 0.3) is 10.9 Å². The van der Waals surface area contributed by atoms with E-state index in [1.807, 2.05) is 0 Å². The number of fused-ring (bicyclic) bond motifs is 2. The minimum Gasteiger partial charge on any atom is -0.310 e. The molecule has 0 radical (unpaired) electrons. The van der Waals surface area contributed by atoms with Crippen molar-refractivity contribution in [2.45, 2.75) is 71.4 Å². The number of nitrogens with zero attached hydrogens (tertiary/aromatic N) is 1. The van der Waals surface area contributed by atoms with Gasteiger partial charge >= 0.3 is 0 Å². The zero-order valence-electron chi connectivity index (χ0n) is 13.8. The molecule has 0 atom stereocenters. The van der Waals surface area contributed by atoms with Crippen LogP contribution in [0.1, 0.15) is 60.1 Å². The van der Waals surface area contributed by atoms with E-state index < -0.39 is 0 Å². The SMILES string of the molecule is Cc1cc2nc3c(c(CNC4CCCC4)c2cc1C)CCC3. The van der Waals surface area contributed by atoms with E-state index in [0.29, 0.717) is 0 Å². The third kappa shape index (κ3) is 2.44. The first kappa shape index (κ1) is 14.2. The molecule has 116 valence electrons. The smallest absolute Gasteiger partial charge is 0.0711 e. The van der Waals surface area contributed by atoms with Crippen LogP contribution in [0.15, 0.2) is 12.1 Å². The van der Waals surface area contributed by atoms with Crippen molar-refractivity contribution in [1.29, 1.82) is 0 Å².